The van der Waals surface area contributed by atoms with Gasteiger partial charge in [0, 0.05) is 5.92 Å². The number of fused-ring (bicyclic) bond motifs is 1. The van der Waals surface area contributed by atoms with Crippen molar-refractivity contribution < 1.29 is 9.90 Å². The Morgan fingerprint density at radius 3 is 2.47 bits per heavy atom. The van der Waals surface area contributed by atoms with Crippen LogP contribution in [0, 0.1) is 29.6 Å². The first-order valence-corrected chi connectivity index (χ1v) is 7.07. The van der Waals surface area contributed by atoms with E-state index in [1.54, 1.807) is 6.92 Å². The van der Waals surface area contributed by atoms with E-state index in [2.05, 4.69) is 13.8 Å². The molecule has 0 spiro atoms. The number of hydrogen-bond donors (Lipinski definition) is 1. The molecule has 98 valence electrons. The minimum atomic E-state index is -0.541. The van der Waals surface area contributed by atoms with E-state index in [9.17, 15) is 9.90 Å². The highest BCUT2D eigenvalue weighted by atomic mass is 16.3. The second kappa shape index (κ2) is 4.38. The van der Waals surface area contributed by atoms with Crippen molar-refractivity contribution in [1.82, 2.24) is 0 Å². The predicted octanol–water partition coefficient (Wildman–Crippen LogP) is 3.03. The summed E-state index contributed by atoms with van der Waals surface area (Å²) in [4.78, 5) is 11.8. The third-order valence-electron chi connectivity index (χ3n) is 5.37. The van der Waals surface area contributed by atoms with Crippen LogP contribution in [-0.4, -0.2) is 16.5 Å². The van der Waals surface area contributed by atoms with Crippen LogP contribution in [-0.2, 0) is 4.79 Å². The lowest BCUT2D eigenvalue weighted by Gasteiger charge is -2.46. The second-order valence-electron chi connectivity index (χ2n) is 6.78. The van der Waals surface area contributed by atoms with Gasteiger partial charge >= 0.3 is 0 Å². The number of carbonyl (C=O) groups is 1. The second-order valence-corrected chi connectivity index (χ2v) is 6.78. The molecule has 0 bridgehead atoms. The zero-order valence-corrected chi connectivity index (χ0v) is 11.6. The number of ketones is 1. The van der Waals surface area contributed by atoms with Gasteiger partial charge in [-0.1, -0.05) is 13.8 Å². The number of aliphatic hydroxyl groups is 1. The van der Waals surface area contributed by atoms with E-state index in [-0.39, 0.29) is 5.92 Å². The number of rotatable bonds is 2. The maximum atomic E-state index is 11.8. The Morgan fingerprint density at radius 1 is 1.29 bits per heavy atom. The Kier molecular flexibility index (Phi) is 3.37. The summed E-state index contributed by atoms with van der Waals surface area (Å²) in [5.41, 5.74) is -0.541. The average molecular weight is 238 g/mol. The normalized spacial score (nSPS) is 46.0. The first-order chi connectivity index (χ1) is 7.84. The van der Waals surface area contributed by atoms with Crippen LogP contribution < -0.4 is 0 Å². The van der Waals surface area contributed by atoms with Gasteiger partial charge in [0.2, 0.25) is 0 Å². The molecule has 2 fully saturated rings. The maximum Gasteiger partial charge on any atom is 0.133 e. The van der Waals surface area contributed by atoms with Crippen molar-refractivity contribution in [3.05, 3.63) is 0 Å². The number of hydrogen-bond acceptors (Lipinski definition) is 2. The van der Waals surface area contributed by atoms with Gasteiger partial charge in [0.1, 0.15) is 5.78 Å². The lowest BCUT2D eigenvalue weighted by Crippen LogP contribution is -2.47. The van der Waals surface area contributed by atoms with Gasteiger partial charge in [0.15, 0.2) is 0 Å². The molecule has 0 amide bonds. The molecule has 2 rings (SSSR count). The van der Waals surface area contributed by atoms with Crippen molar-refractivity contribution in [3.8, 4) is 0 Å². The van der Waals surface area contributed by atoms with E-state index in [1.165, 1.54) is 0 Å². The molecule has 0 aliphatic heterocycles. The van der Waals surface area contributed by atoms with Crippen LogP contribution in [0.1, 0.15) is 53.4 Å². The maximum absolute atomic E-state index is 11.8. The molecule has 0 aromatic carbocycles. The Bertz CT molecular complexity index is 306. The lowest BCUT2D eigenvalue weighted by atomic mass is 9.61. The van der Waals surface area contributed by atoms with Crippen molar-refractivity contribution in [1.29, 1.82) is 0 Å². The molecule has 2 heteroatoms. The molecule has 2 saturated carbocycles. The minimum Gasteiger partial charge on any atom is -0.390 e. The zero-order valence-electron chi connectivity index (χ0n) is 11.6. The van der Waals surface area contributed by atoms with Gasteiger partial charge < -0.3 is 5.11 Å². The highest BCUT2D eigenvalue weighted by molar-refractivity contribution is 5.79. The van der Waals surface area contributed by atoms with Crippen molar-refractivity contribution in [2.24, 2.45) is 29.6 Å². The Hall–Kier alpha value is -0.370. The molecule has 0 aromatic rings. The number of carbonyl (C=O) groups excluding carboxylic acids is 1. The summed E-state index contributed by atoms with van der Waals surface area (Å²) in [5, 5.41) is 10.5. The summed E-state index contributed by atoms with van der Waals surface area (Å²) >= 11 is 0. The van der Waals surface area contributed by atoms with Crippen LogP contribution in [0.3, 0.4) is 0 Å². The standard InChI is InChI=1S/C15H26O2/c1-9(2)11-7-8-15(4,17)13-6-5-12(10(3)16)14(11)13/h9,11-14,17H,5-8H2,1-4H3/t11-,12+,13+,14+,15-/m1/s1. The first-order valence-electron chi connectivity index (χ1n) is 7.07. The minimum absolute atomic E-state index is 0.208. The molecule has 2 aliphatic rings. The van der Waals surface area contributed by atoms with E-state index in [1.807, 2.05) is 6.92 Å². The molecule has 0 unspecified atom stereocenters. The fourth-order valence-electron chi connectivity index (χ4n) is 4.44. The highest BCUT2D eigenvalue weighted by Crippen LogP contribution is 2.54. The van der Waals surface area contributed by atoms with Crippen molar-refractivity contribution in [2.45, 2.75) is 59.0 Å². The fourth-order valence-corrected chi connectivity index (χ4v) is 4.44. The molecule has 0 heterocycles. The van der Waals surface area contributed by atoms with E-state index >= 15 is 0 Å². The van der Waals surface area contributed by atoms with Crippen LogP contribution in [0.2, 0.25) is 0 Å². The Morgan fingerprint density at radius 2 is 1.94 bits per heavy atom. The van der Waals surface area contributed by atoms with Crippen molar-refractivity contribution >= 4 is 5.78 Å². The molecule has 2 nitrogen and oxygen atoms in total. The van der Waals surface area contributed by atoms with Crippen molar-refractivity contribution in [3.63, 3.8) is 0 Å². The molecular formula is C15H26O2. The van der Waals surface area contributed by atoms with Gasteiger partial charge in [-0.05, 0) is 63.2 Å². The first kappa shape index (κ1) is 13.1. The molecule has 1 N–H and O–H groups in total. The average Bonchev–Trinajstić information content (AvgIpc) is 2.62. The van der Waals surface area contributed by atoms with Crippen molar-refractivity contribution in [2.75, 3.05) is 0 Å². The summed E-state index contributed by atoms with van der Waals surface area (Å²) < 4.78 is 0. The van der Waals surface area contributed by atoms with E-state index < -0.39 is 5.60 Å². The third-order valence-corrected chi connectivity index (χ3v) is 5.37. The molecule has 2 aliphatic carbocycles. The predicted molar refractivity (Wildman–Crippen MR) is 68.6 cm³/mol. The van der Waals surface area contributed by atoms with Crippen LogP contribution in [0.25, 0.3) is 0 Å². The van der Waals surface area contributed by atoms with Gasteiger partial charge in [0.25, 0.3) is 0 Å². The van der Waals surface area contributed by atoms with Crippen LogP contribution in [0.5, 0.6) is 0 Å². The summed E-state index contributed by atoms with van der Waals surface area (Å²) in [6, 6.07) is 0. The molecule has 0 saturated heterocycles. The molecule has 5 atom stereocenters. The quantitative estimate of drug-likeness (QED) is 0.803. The highest BCUT2D eigenvalue weighted by Gasteiger charge is 2.53. The molecule has 0 radical (unpaired) electrons. The summed E-state index contributed by atoms with van der Waals surface area (Å²) in [6.45, 7) is 8.23. The largest absolute Gasteiger partial charge is 0.390 e. The smallest absolute Gasteiger partial charge is 0.133 e. The molecular weight excluding hydrogens is 212 g/mol. The van der Waals surface area contributed by atoms with Crippen LogP contribution >= 0.6 is 0 Å². The van der Waals surface area contributed by atoms with E-state index in [0.29, 0.717) is 29.5 Å². The Labute approximate surface area is 105 Å². The zero-order chi connectivity index (χ0) is 12.8. The fraction of sp³-hybridized carbons (Fsp3) is 0.933. The number of Topliss-reactive ketones (excluding diaryl/α,β-unsaturated/α-hetero) is 1. The SMILES string of the molecule is CC(=O)[C@@H]1CC[C@H]2[C@H]1[C@@H](C(C)C)CC[C@@]2(C)O. The molecule has 17 heavy (non-hydrogen) atoms. The summed E-state index contributed by atoms with van der Waals surface area (Å²) in [5.74, 6) is 2.56. The van der Waals surface area contributed by atoms with Gasteiger partial charge in [-0.3, -0.25) is 4.79 Å². The molecule has 0 aromatic heterocycles. The summed E-state index contributed by atoms with van der Waals surface area (Å²) in [7, 11) is 0. The third kappa shape index (κ3) is 2.16. The van der Waals surface area contributed by atoms with Crippen LogP contribution in [0.4, 0.5) is 0 Å². The van der Waals surface area contributed by atoms with Gasteiger partial charge in [-0.2, -0.15) is 0 Å². The van der Waals surface area contributed by atoms with Gasteiger partial charge in [0.05, 0.1) is 5.60 Å². The topological polar surface area (TPSA) is 37.3 Å². The van der Waals surface area contributed by atoms with E-state index in [0.717, 1.165) is 25.7 Å². The monoisotopic (exact) mass is 238 g/mol. The summed E-state index contributed by atoms with van der Waals surface area (Å²) in [6.07, 6.45) is 4.01. The van der Waals surface area contributed by atoms with Crippen LogP contribution in [0.15, 0.2) is 0 Å². The lowest BCUT2D eigenvalue weighted by molar-refractivity contribution is -0.127. The van der Waals surface area contributed by atoms with Gasteiger partial charge in [-0.15, -0.1) is 0 Å². The Balaban J connectivity index is 2.28. The van der Waals surface area contributed by atoms with E-state index in [4.69, 9.17) is 0 Å². The van der Waals surface area contributed by atoms with Gasteiger partial charge in [-0.25, -0.2) is 0 Å².